The highest BCUT2D eigenvalue weighted by Gasteiger charge is 2.60. The molecular weight excluding hydrogens is 196 g/mol. The number of rotatable bonds is 2. The van der Waals surface area contributed by atoms with E-state index >= 15 is 0 Å². The molecule has 90 valence electrons. The Kier molecular flexibility index (Phi) is 1.87. The van der Waals surface area contributed by atoms with E-state index in [1.807, 2.05) is 0 Å². The average Bonchev–Trinajstić information content (AvgIpc) is 3.12. The van der Waals surface area contributed by atoms with Gasteiger partial charge in [0.1, 0.15) is 0 Å². The molecule has 4 rings (SSSR count). The molecule has 2 heteroatoms. The van der Waals surface area contributed by atoms with Crippen LogP contribution in [0.4, 0.5) is 0 Å². The minimum Gasteiger partial charge on any atom is -0.311 e. The van der Waals surface area contributed by atoms with Crippen LogP contribution < -0.4 is 5.32 Å². The molecule has 4 aliphatic rings. The van der Waals surface area contributed by atoms with Crippen molar-refractivity contribution in [3.63, 3.8) is 0 Å². The second-order valence-corrected chi connectivity index (χ2v) is 7.17. The summed E-state index contributed by atoms with van der Waals surface area (Å²) in [5.74, 6) is 0. The lowest BCUT2D eigenvalue weighted by molar-refractivity contribution is 0.143. The quantitative estimate of drug-likeness (QED) is 0.766. The van der Waals surface area contributed by atoms with Gasteiger partial charge in [-0.2, -0.15) is 0 Å². The standard InChI is InChI=1S/C14H24N2/c1-11-8-14(9-12(14)15-11)10-16-6-4-13(2-3-13)5-7-16/h11-12,15H,2-10H2,1H3. The Bertz CT molecular complexity index is 300. The minimum absolute atomic E-state index is 0.702. The van der Waals surface area contributed by atoms with Crippen molar-refractivity contribution >= 4 is 0 Å². The van der Waals surface area contributed by atoms with Crippen LogP contribution in [0, 0.1) is 10.8 Å². The van der Waals surface area contributed by atoms with Gasteiger partial charge in [-0.3, -0.25) is 0 Å². The first kappa shape index (κ1) is 9.90. The van der Waals surface area contributed by atoms with Gasteiger partial charge in [-0.15, -0.1) is 0 Å². The van der Waals surface area contributed by atoms with Crippen LogP contribution in [0.2, 0.25) is 0 Å². The summed E-state index contributed by atoms with van der Waals surface area (Å²) in [5, 5.41) is 3.72. The topological polar surface area (TPSA) is 15.3 Å². The molecule has 3 unspecified atom stereocenters. The summed E-state index contributed by atoms with van der Waals surface area (Å²) in [4.78, 5) is 2.77. The van der Waals surface area contributed by atoms with Crippen molar-refractivity contribution in [3.05, 3.63) is 0 Å². The molecule has 16 heavy (non-hydrogen) atoms. The Labute approximate surface area is 98.8 Å². The number of hydrogen-bond acceptors (Lipinski definition) is 2. The van der Waals surface area contributed by atoms with Gasteiger partial charge in [0.05, 0.1) is 0 Å². The molecule has 1 N–H and O–H groups in total. The van der Waals surface area contributed by atoms with Gasteiger partial charge in [0.15, 0.2) is 0 Å². The van der Waals surface area contributed by atoms with Gasteiger partial charge in [-0.1, -0.05) is 0 Å². The average molecular weight is 220 g/mol. The highest BCUT2D eigenvalue weighted by atomic mass is 15.2. The minimum atomic E-state index is 0.702. The highest BCUT2D eigenvalue weighted by molar-refractivity contribution is 5.16. The van der Waals surface area contributed by atoms with Crippen molar-refractivity contribution in [3.8, 4) is 0 Å². The summed E-state index contributed by atoms with van der Waals surface area (Å²) >= 11 is 0. The predicted molar refractivity (Wildman–Crippen MR) is 65.4 cm³/mol. The van der Waals surface area contributed by atoms with E-state index in [-0.39, 0.29) is 0 Å². The molecule has 0 radical (unpaired) electrons. The van der Waals surface area contributed by atoms with E-state index < -0.39 is 0 Å². The number of hydrogen-bond donors (Lipinski definition) is 1. The van der Waals surface area contributed by atoms with Crippen molar-refractivity contribution in [2.75, 3.05) is 19.6 Å². The Balaban J connectivity index is 1.35. The van der Waals surface area contributed by atoms with Crippen LogP contribution in [0.1, 0.15) is 45.4 Å². The van der Waals surface area contributed by atoms with Gasteiger partial charge in [0, 0.05) is 24.0 Å². The van der Waals surface area contributed by atoms with Gasteiger partial charge < -0.3 is 10.2 Å². The molecule has 2 heterocycles. The van der Waals surface area contributed by atoms with E-state index in [1.54, 1.807) is 0 Å². The molecule has 2 saturated carbocycles. The van der Waals surface area contributed by atoms with Gasteiger partial charge in [0.2, 0.25) is 0 Å². The molecule has 4 fully saturated rings. The maximum absolute atomic E-state index is 3.72. The van der Waals surface area contributed by atoms with Gasteiger partial charge in [0.25, 0.3) is 0 Å². The van der Waals surface area contributed by atoms with E-state index in [4.69, 9.17) is 0 Å². The number of likely N-dealkylation sites (tertiary alicyclic amines) is 1. The van der Waals surface area contributed by atoms with Crippen molar-refractivity contribution < 1.29 is 0 Å². The molecular formula is C14H24N2. The number of piperidine rings is 2. The largest absolute Gasteiger partial charge is 0.311 e. The van der Waals surface area contributed by atoms with E-state index in [0.29, 0.717) is 5.41 Å². The number of nitrogens with zero attached hydrogens (tertiary/aromatic N) is 1. The fraction of sp³-hybridized carbons (Fsp3) is 1.00. The van der Waals surface area contributed by atoms with Crippen LogP contribution >= 0.6 is 0 Å². The third kappa shape index (κ3) is 1.46. The second kappa shape index (κ2) is 3.02. The van der Waals surface area contributed by atoms with E-state index in [2.05, 4.69) is 17.1 Å². The smallest absolute Gasteiger partial charge is 0.0146 e. The number of nitrogens with one attached hydrogen (secondary N) is 1. The Morgan fingerprint density at radius 3 is 2.44 bits per heavy atom. The Morgan fingerprint density at radius 1 is 1.12 bits per heavy atom. The van der Waals surface area contributed by atoms with Gasteiger partial charge in [-0.25, -0.2) is 0 Å². The molecule has 0 amide bonds. The zero-order valence-electron chi connectivity index (χ0n) is 10.5. The third-order valence-corrected chi connectivity index (χ3v) is 5.80. The monoisotopic (exact) mass is 220 g/mol. The molecule has 0 bridgehead atoms. The fourth-order valence-corrected chi connectivity index (χ4v) is 4.37. The van der Waals surface area contributed by atoms with E-state index in [0.717, 1.165) is 17.5 Å². The summed E-state index contributed by atoms with van der Waals surface area (Å²) in [7, 11) is 0. The summed E-state index contributed by atoms with van der Waals surface area (Å²) in [6.07, 6.45) is 8.95. The third-order valence-electron chi connectivity index (χ3n) is 5.80. The first-order valence-corrected chi connectivity index (χ1v) is 7.18. The van der Waals surface area contributed by atoms with Gasteiger partial charge in [-0.05, 0) is 64.0 Å². The first-order chi connectivity index (χ1) is 7.70. The molecule has 2 aliphatic carbocycles. The second-order valence-electron chi connectivity index (χ2n) is 7.17. The zero-order valence-corrected chi connectivity index (χ0v) is 10.5. The lowest BCUT2D eigenvalue weighted by Gasteiger charge is -2.34. The van der Waals surface area contributed by atoms with E-state index in [9.17, 15) is 0 Å². The van der Waals surface area contributed by atoms with Crippen molar-refractivity contribution in [1.29, 1.82) is 0 Å². The molecule has 0 aromatic rings. The summed E-state index contributed by atoms with van der Waals surface area (Å²) < 4.78 is 0. The lowest BCUT2D eigenvalue weighted by atomic mass is 9.92. The SMILES string of the molecule is CC1CC2(CN3CCC4(CC3)CC4)CC2N1. The summed E-state index contributed by atoms with van der Waals surface area (Å²) in [5.41, 5.74) is 1.55. The van der Waals surface area contributed by atoms with Crippen molar-refractivity contribution in [1.82, 2.24) is 10.2 Å². The molecule has 2 nitrogen and oxygen atoms in total. The van der Waals surface area contributed by atoms with Crippen molar-refractivity contribution in [2.24, 2.45) is 10.8 Å². The lowest BCUT2D eigenvalue weighted by Crippen LogP contribution is -2.38. The molecule has 0 aromatic heterocycles. The Morgan fingerprint density at radius 2 is 1.88 bits per heavy atom. The summed E-state index contributed by atoms with van der Waals surface area (Å²) in [6, 6.07) is 1.65. The highest BCUT2D eigenvalue weighted by Crippen LogP contribution is 2.57. The van der Waals surface area contributed by atoms with Crippen molar-refractivity contribution in [2.45, 2.75) is 57.5 Å². The fourth-order valence-electron chi connectivity index (χ4n) is 4.37. The van der Waals surface area contributed by atoms with E-state index in [1.165, 1.54) is 58.2 Å². The maximum atomic E-state index is 3.72. The van der Waals surface area contributed by atoms with Crippen LogP contribution in [-0.4, -0.2) is 36.6 Å². The summed E-state index contributed by atoms with van der Waals surface area (Å²) in [6.45, 7) is 6.53. The molecule has 1 spiro atoms. The van der Waals surface area contributed by atoms with Gasteiger partial charge >= 0.3 is 0 Å². The zero-order chi connectivity index (χ0) is 10.8. The molecule has 2 aliphatic heterocycles. The maximum Gasteiger partial charge on any atom is 0.0146 e. The number of fused-ring (bicyclic) bond motifs is 1. The molecule has 0 aromatic carbocycles. The van der Waals surface area contributed by atoms with Crippen LogP contribution in [-0.2, 0) is 0 Å². The van der Waals surface area contributed by atoms with Crippen LogP contribution in [0.3, 0.4) is 0 Å². The van der Waals surface area contributed by atoms with Crippen LogP contribution in [0.25, 0.3) is 0 Å². The normalized spacial score (nSPS) is 49.3. The molecule has 2 saturated heterocycles. The van der Waals surface area contributed by atoms with Crippen LogP contribution in [0.5, 0.6) is 0 Å². The predicted octanol–water partition coefficient (Wildman–Crippen LogP) is 2.00. The molecule has 3 atom stereocenters. The first-order valence-electron chi connectivity index (χ1n) is 7.18. The Hall–Kier alpha value is -0.0800. The van der Waals surface area contributed by atoms with Crippen LogP contribution in [0.15, 0.2) is 0 Å².